The van der Waals surface area contributed by atoms with Gasteiger partial charge in [-0.15, -0.1) is 5.10 Å². The highest BCUT2D eigenvalue weighted by Crippen LogP contribution is 2.35. The lowest BCUT2D eigenvalue weighted by Crippen LogP contribution is -2.49. The lowest BCUT2D eigenvalue weighted by atomic mass is 10.0. The molecule has 2 saturated heterocycles. The zero-order valence-electron chi connectivity index (χ0n) is 23.6. The van der Waals surface area contributed by atoms with Crippen LogP contribution in [0.2, 0.25) is 0 Å². The fourth-order valence-corrected chi connectivity index (χ4v) is 6.10. The van der Waals surface area contributed by atoms with Gasteiger partial charge in [0, 0.05) is 36.4 Å². The Kier molecular flexibility index (Phi) is 7.16. The molecule has 0 unspecified atom stereocenters. The summed E-state index contributed by atoms with van der Waals surface area (Å²) in [5.41, 5.74) is 5.05. The van der Waals surface area contributed by atoms with Gasteiger partial charge in [-0.1, -0.05) is 12.1 Å². The maximum absolute atomic E-state index is 13.6. The highest BCUT2D eigenvalue weighted by Gasteiger charge is 2.36. The van der Waals surface area contributed by atoms with Crippen LogP contribution in [0.3, 0.4) is 0 Å². The molecule has 1 amide bonds. The molecule has 0 radical (unpaired) electrons. The molecule has 0 spiro atoms. The largest absolute Gasteiger partial charge is 0.478 e. The van der Waals surface area contributed by atoms with E-state index >= 15 is 0 Å². The molecule has 3 N–H and O–H groups in total. The summed E-state index contributed by atoms with van der Waals surface area (Å²) in [5, 5.41) is 11.7. The molecule has 5 heterocycles. The molecule has 210 valence electrons. The first-order valence-corrected chi connectivity index (χ1v) is 13.9. The number of hydrogen-bond acceptors (Lipinski definition) is 8. The van der Waals surface area contributed by atoms with Crippen molar-refractivity contribution in [2.24, 2.45) is 7.05 Å². The van der Waals surface area contributed by atoms with Crippen molar-refractivity contribution in [3.8, 4) is 17.1 Å². The molecular weight excluding hydrogens is 506 g/mol. The molecule has 4 aromatic rings. The number of likely N-dealkylation sites (tertiary alicyclic amines) is 2. The highest BCUT2D eigenvalue weighted by molar-refractivity contribution is 6.06. The van der Waals surface area contributed by atoms with Gasteiger partial charge >= 0.3 is 0 Å². The number of piperidine rings is 1. The summed E-state index contributed by atoms with van der Waals surface area (Å²) < 4.78 is 7.03. The number of carbonyl (C=O) groups excluding carboxylic acids is 1. The minimum Gasteiger partial charge on any atom is -0.478 e. The van der Waals surface area contributed by atoms with E-state index in [2.05, 4.69) is 48.6 Å². The van der Waals surface area contributed by atoms with Crippen molar-refractivity contribution in [2.75, 3.05) is 44.4 Å². The van der Waals surface area contributed by atoms with Crippen LogP contribution in [-0.4, -0.2) is 86.3 Å². The Morgan fingerprint density at radius 1 is 1.12 bits per heavy atom. The van der Waals surface area contributed by atoms with Crippen LogP contribution in [0, 0.1) is 6.92 Å². The third kappa shape index (κ3) is 5.02. The molecule has 40 heavy (non-hydrogen) atoms. The summed E-state index contributed by atoms with van der Waals surface area (Å²) >= 11 is 0. The smallest absolute Gasteiger partial charge is 0.256 e. The van der Waals surface area contributed by atoms with E-state index < -0.39 is 0 Å². The van der Waals surface area contributed by atoms with E-state index in [1.807, 2.05) is 38.5 Å². The maximum atomic E-state index is 13.6. The summed E-state index contributed by atoms with van der Waals surface area (Å²) in [6, 6.07) is 6.40. The summed E-state index contributed by atoms with van der Waals surface area (Å²) in [6.07, 6.45) is 9.79. The third-order valence-corrected chi connectivity index (χ3v) is 8.19. The second-order valence-corrected chi connectivity index (χ2v) is 10.9. The van der Waals surface area contributed by atoms with Crippen LogP contribution in [0.25, 0.3) is 22.2 Å². The van der Waals surface area contributed by atoms with Crippen molar-refractivity contribution in [3.05, 3.63) is 42.4 Å². The number of nitrogens with zero attached hydrogens (tertiary/aromatic N) is 6. The predicted molar refractivity (Wildman–Crippen MR) is 156 cm³/mol. The van der Waals surface area contributed by atoms with Gasteiger partial charge in [0.25, 0.3) is 5.88 Å². The zero-order valence-corrected chi connectivity index (χ0v) is 23.6. The van der Waals surface area contributed by atoms with Gasteiger partial charge in [-0.25, -0.2) is 9.97 Å². The number of rotatable bonds is 7. The topological polar surface area (TPSA) is 116 Å². The molecule has 0 bridgehead atoms. The molecule has 2 aliphatic heterocycles. The normalized spacial score (nSPS) is 18.9. The van der Waals surface area contributed by atoms with Gasteiger partial charge in [0.1, 0.15) is 5.69 Å². The standard InChI is InChI=1S/C29H37N9O2/c1-18-15-31-29(33-23-17-37(3)35-28(23)40-4)34-25(18)21-16-30-26-20(21)7-5-8-22(26)32-27(39)24-9-6-12-38(24)19-10-13-36(2)14-11-19/h5,7-8,15-17,19,24,30H,6,9-14H2,1-4H3,(H,32,39)(H,31,33,34)/t24-/m1/s1. The molecule has 11 heteroatoms. The Bertz CT molecular complexity index is 1520. The van der Waals surface area contributed by atoms with Crippen molar-refractivity contribution >= 4 is 34.1 Å². The Hall–Kier alpha value is -3.96. The van der Waals surface area contributed by atoms with Crippen LogP contribution in [0.4, 0.5) is 17.3 Å². The monoisotopic (exact) mass is 543 g/mol. The number of ether oxygens (including phenoxy) is 1. The molecule has 0 aliphatic carbocycles. The third-order valence-electron chi connectivity index (χ3n) is 8.19. The van der Waals surface area contributed by atoms with E-state index in [4.69, 9.17) is 9.72 Å². The Morgan fingerprint density at radius 3 is 2.75 bits per heavy atom. The Labute approximate surface area is 233 Å². The number of benzene rings is 1. The molecular formula is C29H37N9O2. The van der Waals surface area contributed by atoms with Crippen LogP contribution >= 0.6 is 0 Å². The quantitative estimate of drug-likeness (QED) is 0.321. The molecule has 2 aliphatic rings. The number of nitrogens with one attached hydrogen (secondary N) is 3. The van der Waals surface area contributed by atoms with E-state index in [1.54, 1.807) is 18.0 Å². The lowest BCUT2D eigenvalue weighted by Gasteiger charge is -2.37. The molecule has 2 fully saturated rings. The Morgan fingerprint density at radius 2 is 1.95 bits per heavy atom. The number of aromatic amines is 1. The van der Waals surface area contributed by atoms with Crippen molar-refractivity contribution in [1.29, 1.82) is 0 Å². The number of fused-ring (bicyclic) bond motifs is 1. The number of amides is 1. The van der Waals surface area contributed by atoms with Gasteiger partial charge in [0.15, 0.2) is 0 Å². The highest BCUT2D eigenvalue weighted by atomic mass is 16.5. The van der Waals surface area contributed by atoms with Crippen LogP contribution < -0.4 is 15.4 Å². The molecule has 1 atom stereocenters. The molecule has 3 aromatic heterocycles. The molecule has 6 rings (SSSR count). The van der Waals surface area contributed by atoms with Crippen molar-refractivity contribution in [1.82, 2.24) is 34.5 Å². The average Bonchev–Trinajstić information content (AvgIpc) is 3.69. The van der Waals surface area contributed by atoms with Crippen molar-refractivity contribution in [2.45, 2.75) is 44.7 Å². The number of carbonyl (C=O) groups is 1. The van der Waals surface area contributed by atoms with Gasteiger partial charge in [-0.05, 0) is 70.9 Å². The number of methoxy groups -OCH3 is 1. The Balaban J connectivity index is 1.24. The first kappa shape index (κ1) is 26.3. The van der Waals surface area contributed by atoms with E-state index in [-0.39, 0.29) is 11.9 Å². The minimum atomic E-state index is -0.0831. The SMILES string of the molecule is COc1nn(C)cc1Nc1ncc(C)c(-c2c[nH]c3c(NC(=O)[C@H]4CCCN4C4CCN(C)CC4)cccc23)n1. The lowest BCUT2D eigenvalue weighted by molar-refractivity contribution is -0.121. The summed E-state index contributed by atoms with van der Waals surface area (Å²) in [4.78, 5) is 31.1. The fourth-order valence-electron chi connectivity index (χ4n) is 6.10. The molecule has 11 nitrogen and oxygen atoms in total. The van der Waals surface area contributed by atoms with E-state index in [0.29, 0.717) is 23.6 Å². The number of hydrogen-bond donors (Lipinski definition) is 3. The van der Waals surface area contributed by atoms with Crippen LogP contribution in [0.1, 0.15) is 31.2 Å². The minimum absolute atomic E-state index is 0.0789. The summed E-state index contributed by atoms with van der Waals surface area (Å²) in [5.74, 6) is 0.994. The summed E-state index contributed by atoms with van der Waals surface area (Å²) in [6.45, 7) is 5.18. The number of anilines is 3. The second-order valence-electron chi connectivity index (χ2n) is 10.9. The van der Waals surface area contributed by atoms with Gasteiger partial charge in [0.2, 0.25) is 11.9 Å². The predicted octanol–water partition coefficient (Wildman–Crippen LogP) is 3.92. The fraction of sp³-hybridized carbons (Fsp3) is 0.448. The number of aromatic nitrogens is 5. The van der Waals surface area contributed by atoms with Crippen LogP contribution in [0.15, 0.2) is 36.8 Å². The van der Waals surface area contributed by atoms with E-state index in [9.17, 15) is 4.79 Å². The van der Waals surface area contributed by atoms with Crippen molar-refractivity contribution in [3.63, 3.8) is 0 Å². The molecule has 0 saturated carbocycles. The first-order valence-electron chi connectivity index (χ1n) is 13.9. The molecule has 1 aromatic carbocycles. The number of aryl methyl sites for hydroxylation is 2. The van der Waals surface area contributed by atoms with E-state index in [1.165, 1.54) is 0 Å². The number of H-pyrrole nitrogens is 1. The van der Waals surface area contributed by atoms with Gasteiger partial charge < -0.3 is 25.3 Å². The first-order chi connectivity index (χ1) is 19.4. The number of para-hydroxylation sites is 1. The van der Waals surface area contributed by atoms with Crippen LogP contribution in [-0.2, 0) is 11.8 Å². The van der Waals surface area contributed by atoms with E-state index in [0.717, 1.165) is 78.7 Å². The zero-order chi connectivity index (χ0) is 27.8. The van der Waals surface area contributed by atoms with Gasteiger partial charge in [-0.3, -0.25) is 14.4 Å². The maximum Gasteiger partial charge on any atom is 0.256 e. The second kappa shape index (κ2) is 10.9. The van der Waals surface area contributed by atoms with Crippen molar-refractivity contribution < 1.29 is 9.53 Å². The van der Waals surface area contributed by atoms with Crippen LogP contribution in [0.5, 0.6) is 5.88 Å². The van der Waals surface area contributed by atoms with Gasteiger partial charge in [-0.2, -0.15) is 0 Å². The average molecular weight is 544 g/mol. The van der Waals surface area contributed by atoms with Gasteiger partial charge in [0.05, 0.1) is 36.2 Å². The summed E-state index contributed by atoms with van der Waals surface area (Å²) in [7, 11) is 5.58.